The van der Waals surface area contributed by atoms with Crippen molar-refractivity contribution in [2.45, 2.75) is 4.90 Å². The van der Waals surface area contributed by atoms with Gasteiger partial charge in [0.15, 0.2) is 0 Å². The van der Waals surface area contributed by atoms with Crippen molar-refractivity contribution in [3.8, 4) is 0 Å². The zero-order valence-corrected chi connectivity index (χ0v) is 17.6. The van der Waals surface area contributed by atoms with E-state index in [9.17, 15) is 22.0 Å². The molecule has 0 unspecified atom stereocenters. The Morgan fingerprint density at radius 1 is 0.931 bits per heavy atom. The van der Waals surface area contributed by atoms with E-state index in [1.54, 1.807) is 12.1 Å². The van der Waals surface area contributed by atoms with Gasteiger partial charge in [-0.1, -0.05) is 33.6 Å². The first-order chi connectivity index (χ1) is 13.7. The molecule has 0 bridgehead atoms. The number of halogens is 4. The van der Waals surface area contributed by atoms with Gasteiger partial charge in [-0.15, -0.1) is 0 Å². The molecule has 0 heterocycles. The van der Waals surface area contributed by atoms with Gasteiger partial charge in [0.25, 0.3) is 15.9 Å². The lowest BCUT2D eigenvalue weighted by Gasteiger charge is -2.11. The lowest BCUT2D eigenvalue weighted by Crippen LogP contribution is -2.16. The molecule has 0 atom stereocenters. The topological polar surface area (TPSA) is 75.3 Å². The van der Waals surface area contributed by atoms with E-state index in [2.05, 4.69) is 26.0 Å². The van der Waals surface area contributed by atoms with E-state index in [-0.39, 0.29) is 16.9 Å². The minimum atomic E-state index is -4.25. The number of amides is 1. The Morgan fingerprint density at radius 2 is 1.62 bits per heavy atom. The predicted molar refractivity (Wildman–Crippen MR) is 111 cm³/mol. The predicted octanol–water partition coefficient (Wildman–Crippen LogP) is 5.43. The highest BCUT2D eigenvalue weighted by Crippen LogP contribution is 2.25. The first kappa shape index (κ1) is 21.2. The molecule has 0 saturated carbocycles. The number of carbonyl (C=O) groups is 1. The van der Waals surface area contributed by atoms with Gasteiger partial charge in [0.1, 0.15) is 11.6 Å². The molecule has 2 N–H and O–H groups in total. The quantitative estimate of drug-likeness (QED) is 0.489. The fourth-order valence-electron chi connectivity index (χ4n) is 2.36. The second-order valence-corrected chi connectivity index (χ2v) is 8.87. The number of carbonyl (C=O) groups excluding carboxylic acids is 1. The van der Waals surface area contributed by atoms with Crippen LogP contribution in [0.3, 0.4) is 0 Å². The third-order valence-corrected chi connectivity index (χ3v) is 5.85. The second-order valence-electron chi connectivity index (χ2n) is 5.84. The van der Waals surface area contributed by atoms with E-state index in [0.717, 1.165) is 24.3 Å². The van der Waals surface area contributed by atoms with Crippen molar-refractivity contribution in [3.05, 3.63) is 87.4 Å². The van der Waals surface area contributed by atoms with Gasteiger partial charge in [0.2, 0.25) is 0 Å². The lowest BCUT2D eigenvalue weighted by molar-refractivity contribution is 0.102. The smallest absolute Gasteiger partial charge is 0.262 e. The van der Waals surface area contributed by atoms with Crippen LogP contribution in [0.5, 0.6) is 0 Å². The standard InChI is InChI=1S/C19H12BrClF2N2O3S/c20-12-4-6-18(15(22)9-12)25-29(27,28)14-5-7-17(16(23)10-14)24-19(26)11-2-1-3-13(21)8-11/h1-10,25H,(H,24,26). The average molecular weight is 502 g/mol. The highest BCUT2D eigenvalue weighted by atomic mass is 79.9. The van der Waals surface area contributed by atoms with Gasteiger partial charge in [-0.05, 0) is 54.6 Å². The van der Waals surface area contributed by atoms with Gasteiger partial charge < -0.3 is 5.32 Å². The van der Waals surface area contributed by atoms with Gasteiger partial charge in [0, 0.05) is 15.1 Å². The maximum Gasteiger partial charge on any atom is 0.262 e. The summed E-state index contributed by atoms with van der Waals surface area (Å²) in [4.78, 5) is 11.8. The van der Waals surface area contributed by atoms with Crippen LogP contribution in [0.1, 0.15) is 10.4 Å². The molecule has 0 aliphatic heterocycles. The number of hydrogen-bond acceptors (Lipinski definition) is 3. The number of anilines is 2. The van der Waals surface area contributed by atoms with Crippen molar-refractivity contribution in [1.29, 1.82) is 0 Å². The minimum Gasteiger partial charge on any atom is -0.319 e. The molecule has 3 aromatic carbocycles. The van der Waals surface area contributed by atoms with Crippen molar-refractivity contribution in [3.63, 3.8) is 0 Å². The Labute approximate surface area is 178 Å². The minimum absolute atomic E-state index is 0.209. The molecule has 1 amide bonds. The maximum atomic E-state index is 14.4. The first-order valence-electron chi connectivity index (χ1n) is 8.00. The molecule has 3 rings (SSSR count). The van der Waals surface area contributed by atoms with Crippen LogP contribution in [0, 0.1) is 11.6 Å². The second kappa shape index (κ2) is 8.48. The van der Waals surface area contributed by atoms with Gasteiger partial charge >= 0.3 is 0 Å². The van der Waals surface area contributed by atoms with E-state index < -0.39 is 32.5 Å². The third-order valence-electron chi connectivity index (χ3n) is 3.76. The highest BCUT2D eigenvalue weighted by molar-refractivity contribution is 9.10. The van der Waals surface area contributed by atoms with Gasteiger partial charge in [0.05, 0.1) is 16.3 Å². The number of nitrogens with one attached hydrogen (secondary N) is 2. The summed E-state index contributed by atoms with van der Waals surface area (Å²) in [6, 6.07) is 12.7. The molecule has 0 aliphatic rings. The average Bonchev–Trinajstić information content (AvgIpc) is 2.65. The summed E-state index contributed by atoms with van der Waals surface area (Å²) in [5.41, 5.74) is -0.295. The summed E-state index contributed by atoms with van der Waals surface area (Å²) in [7, 11) is -4.25. The van der Waals surface area contributed by atoms with Crippen molar-refractivity contribution in [2.24, 2.45) is 0 Å². The molecule has 0 radical (unpaired) electrons. The van der Waals surface area contributed by atoms with E-state index >= 15 is 0 Å². The molecule has 0 aromatic heterocycles. The van der Waals surface area contributed by atoms with Crippen LogP contribution in [0.2, 0.25) is 5.02 Å². The fraction of sp³-hybridized carbons (Fsp3) is 0. The van der Waals surface area contributed by atoms with Crippen LogP contribution >= 0.6 is 27.5 Å². The fourth-order valence-corrected chi connectivity index (χ4v) is 3.97. The molecule has 0 fully saturated rings. The SMILES string of the molecule is O=C(Nc1ccc(S(=O)(=O)Nc2ccc(Br)cc2F)cc1F)c1cccc(Cl)c1. The third kappa shape index (κ3) is 5.11. The summed E-state index contributed by atoms with van der Waals surface area (Å²) in [5, 5.41) is 2.68. The molecular formula is C19H12BrClF2N2O3S. The zero-order valence-electron chi connectivity index (χ0n) is 14.4. The Balaban J connectivity index is 1.82. The highest BCUT2D eigenvalue weighted by Gasteiger charge is 2.19. The van der Waals surface area contributed by atoms with E-state index in [4.69, 9.17) is 11.6 Å². The summed E-state index contributed by atoms with van der Waals surface area (Å²) in [6.07, 6.45) is 0. The Hall–Kier alpha value is -2.49. The maximum absolute atomic E-state index is 14.4. The number of rotatable bonds is 5. The molecule has 0 spiro atoms. The van der Waals surface area contributed by atoms with E-state index in [1.165, 1.54) is 24.3 Å². The Kier molecular flexibility index (Phi) is 6.21. The molecule has 0 aliphatic carbocycles. The number of hydrogen-bond donors (Lipinski definition) is 2. The number of sulfonamides is 1. The molecule has 150 valence electrons. The van der Waals surface area contributed by atoms with E-state index in [1.807, 2.05) is 0 Å². The molecular weight excluding hydrogens is 490 g/mol. The van der Waals surface area contributed by atoms with Gasteiger partial charge in [-0.3, -0.25) is 9.52 Å². The van der Waals surface area contributed by atoms with Crippen LogP contribution in [-0.4, -0.2) is 14.3 Å². The molecule has 10 heteroatoms. The lowest BCUT2D eigenvalue weighted by atomic mass is 10.2. The van der Waals surface area contributed by atoms with Crippen molar-refractivity contribution >= 4 is 54.8 Å². The summed E-state index contributed by atoms with van der Waals surface area (Å²) in [6.45, 7) is 0. The molecule has 3 aromatic rings. The van der Waals surface area contributed by atoms with E-state index in [0.29, 0.717) is 9.50 Å². The van der Waals surface area contributed by atoms with Crippen LogP contribution in [0.4, 0.5) is 20.2 Å². The summed E-state index contributed by atoms with van der Waals surface area (Å²) < 4.78 is 55.6. The summed E-state index contributed by atoms with van der Waals surface area (Å²) in [5.74, 6) is -2.38. The van der Waals surface area contributed by atoms with Gasteiger partial charge in [-0.25, -0.2) is 17.2 Å². The van der Waals surface area contributed by atoms with Crippen molar-refractivity contribution < 1.29 is 22.0 Å². The summed E-state index contributed by atoms with van der Waals surface area (Å²) >= 11 is 8.89. The van der Waals surface area contributed by atoms with Crippen molar-refractivity contribution in [2.75, 3.05) is 10.0 Å². The Morgan fingerprint density at radius 3 is 2.28 bits per heavy atom. The van der Waals surface area contributed by atoms with Gasteiger partial charge in [-0.2, -0.15) is 0 Å². The number of benzene rings is 3. The zero-order chi connectivity index (χ0) is 21.2. The Bertz CT molecular complexity index is 1210. The monoisotopic (exact) mass is 500 g/mol. The molecule has 0 saturated heterocycles. The van der Waals surface area contributed by atoms with Crippen LogP contribution in [0.25, 0.3) is 0 Å². The normalized spacial score (nSPS) is 11.2. The molecule has 5 nitrogen and oxygen atoms in total. The van der Waals surface area contributed by atoms with Crippen molar-refractivity contribution in [1.82, 2.24) is 0 Å². The van der Waals surface area contributed by atoms with Crippen LogP contribution in [0.15, 0.2) is 70.0 Å². The largest absolute Gasteiger partial charge is 0.319 e. The molecule has 29 heavy (non-hydrogen) atoms. The van der Waals surface area contributed by atoms with Crippen LogP contribution in [-0.2, 0) is 10.0 Å². The van der Waals surface area contributed by atoms with Crippen LogP contribution < -0.4 is 10.0 Å². The first-order valence-corrected chi connectivity index (χ1v) is 10.7.